The molecule has 0 radical (unpaired) electrons. The van der Waals surface area contributed by atoms with Gasteiger partial charge in [0.05, 0.1) is 6.61 Å². The number of aryl methyl sites for hydroxylation is 3. The van der Waals surface area contributed by atoms with Crippen molar-refractivity contribution in [3.05, 3.63) is 41.0 Å². The van der Waals surface area contributed by atoms with E-state index in [1.54, 1.807) is 7.05 Å². The smallest absolute Gasteiger partial charge is 0.191 e. The number of hydrogen-bond acceptors (Lipinski definition) is 4. The average Bonchev–Trinajstić information content (AvgIpc) is 2.94. The van der Waals surface area contributed by atoms with Gasteiger partial charge in [0, 0.05) is 45.1 Å². The monoisotopic (exact) mass is 398 g/mol. The number of fused-ring (bicyclic) bond motifs is 1. The lowest BCUT2D eigenvalue weighted by atomic mass is 10.1. The first-order chi connectivity index (χ1) is 14.2. The van der Waals surface area contributed by atoms with Crippen molar-refractivity contribution in [3.63, 3.8) is 0 Å². The number of nitrogens with one attached hydrogen (secondary N) is 2. The number of aromatic nitrogens is 3. The van der Waals surface area contributed by atoms with Crippen LogP contribution in [0, 0.1) is 6.92 Å². The minimum atomic E-state index is 0.662. The third kappa shape index (κ3) is 5.95. The molecular weight excluding hydrogens is 364 g/mol. The Hall–Kier alpha value is -2.57. The number of hydrogen-bond donors (Lipinski definition) is 2. The van der Waals surface area contributed by atoms with Gasteiger partial charge in [0.15, 0.2) is 5.96 Å². The molecule has 0 saturated carbocycles. The van der Waals surface area contributed by atoms with Crippen LogP contribution in [0.1, 0.15) is 55.4 Å². The molecule has 7 nitrogen and oxygen atoms in total. The van der Waals surface area contributed by atoms with Gasteiger partial charge >= 0.3 is 0 Å². The van der Waals surface area contributed by atoms with Gasteiger partial charge in [-0.3, -0.25) is 4.99 Å². The fraction of sp³-hybridized carbons (Fsp3) is 0.591. The summed E-state index contributed by atoms with van der Waals surface area (Å²) in [5.74, 6) is 4.01. The van der Waals surface area contributed by atoms with Crippen LogP contribution in [0.25, 0.3) is 0 Å². The van der Waals surface area contributed by atoms with Crippen molar-refractivity contribution >= 4 is 5.96 Å². The topological polar surface area (TPSA) is 76.4 Å². The summed E-state index contributed by atoms with van der Waals surface area (Å²) in [4.78, 5) is 4.33. The Labute approximate surface area is 174 Å². The highest BCUT2D eigenvalue weighted by molar-refractivity contribution is 5.79. The molecule has 0 saturated heterocycles. The van der Waals surface area contributed by atoms with E-state index in [1.807, 2.05) is 6.92 Å². The predicted octanol–water partition coefficient (Wildman–Crippen LogP) is 3.01. The first-order valence-electron chi connectivity index (χ1n) is 10.8. The fourth-order valence-electron chi connectivity index (χ4n) is 3.68. The second kappa shape index (κ2) is 10.8. The van der Waals surface area contributed by atoms with Crippen LogP contribution in [-0.4, -0.2) is 40.9 Å². The van der Waals surface area contributed by atoms with Crippen molar-refractivity contribution in [1.29, 1.82) is 0 Å². The van der Waals surface area contributed by atoms with Crippen LogP contribution >= 0.6 is 0 Å². The van der Waals surface area contributed by atoms with Crippen LogP contribution < -0.4 is 15.4 Å². The van der Waals surface area contributed by atoms with E-state index < -0.39 is 0 Å². The molecule has 0 bridgehead atoms. The van der Waals surface area contributed by atoms with Gasteiger partial charge in [-0.25, -0.2) is 0 Å². The van der Waals surface area contributed by atoms with Crippen molar-refractivity contribution in [1.82, 2.24) is 25.4 Å². The predicted molar refractivity (Wildman–Crippen MR) is 116 cm³/mol. The maximum absolute atomic E-state index is 5.76. The summed E-state index contributed by atoms with van der Waals surface area (Å²) in [5, 5.41) is 15.6. The second-order valence-electron chi connectivity index (χ2n) is 7.50. The third-order valence-electron chi connectivity index (χ3n) is 5.25. The molecule has 3 rings (SSSR count). The van der Waals surface area contributed by atoms with Gasteiger partial charge in [-0.15, -0.1) is 10.2 Å². The highest BCUT2D eigenvalue weighted by atomic mass is 16.5. The van der Waals surface area contributed by atoms with E-state index in [0.717, 1.165) is 61.3 Å². The number of benzene rings is 1. The van der Waals surface area contributed by atoms with Gasteiger partial charge < -0.3 is 19.9 Å². The quantitative estimate of drug-likeness (QED) is 0.406. The molecule has 0 aliphatic carbocycles. The molecular formula is C22H34N6O. The number of guanidine groups is 1. The van der Waals surface area contributed by atoms with Crippen LogP contribution in [0.4, 0.5) is 0 Å². The van der Waals surface area contributed by atoms with Crippen molar-refractivity contribution in [2.45, 2.75) is 65.5 Å². The van der Waals surface area contributed by atoms with E-state index in [2.05, 4.69) is 55.5 Å². The first-order valence-corrected chi connectivity index (χ1v) is 10.8. The van der Waals surface area contributed by atoms with Gasteiger partial charge in [0.2, 0.25) is 0 Å². The lowest BCUT2D eigenvalue weighted by Gasteiger charge is -2.15. The zero-order chi connectivity index (χ0) is 20.5. The van der Waals surface area contributed by atoms with E-state index in [9.17, 15) is 0 Å². The van der Waals surface area contributed by atoms with Crippen LogP contribution in [0.2, 0.25) is 0 Å². The minimum absolute atomic E-state index is 0.662. The molecule has 2 aromatic rings. The molecule has 2 N–H and O–H groups in total. The lowest BCUT2D eigenvalue weighted by molar-refractivity contribution is 0.336. The van der Waals surface area contributed by atoms with E-state index >= 15 is 0 Å². The van der Waals surface area contributed by atoms with Gasteiger partial charge in [-0.1, -0.05) is 18.6 Å². The second-order valence-corrected chi connectivity index (χ2v) is 7.50. The highest BCUT2D eigenvalue weighted by Crippen LogP contribution is 2.20. The molecule has 1 aliphatic rings. The van der Waals surface area contributed by atoms with Crippen LogP contribution in [0.3, 0.4) is 0 Å². The standard InChI is InChI=1S/C22H34N6O/c1-4-29-19-15-17(2)11-12-18(19)16-25-22(23-3)24-13-8-10-21-27-26-20-9-6-5-7-14-28(20)21/h11-12,15H,4-10,13-14,16H2,1-3H3,(H2,23,24,25). The summed E-state index contributed by atoms with van der Waals surface area (Å²) in [7, 11) is 1.80. The molecule has 0 fully saturated rings. The molecule has 1 aromatic heterocycles. The Balaban J connectivity index is 1.45. The largest absolute Gasteiger partial charge is 0.494 e. The van der Waals surface area contributed by atoms with Crippen molar-refractivity contribution in [3.8, 4) is 5.75 Å². The Morgan fingerprint density at radius 1 is 1.21 bits per heavy atom. The first kappa shape index (κ1) is 21.1. The van der Waals surface area contributed by atoms with Gasteiger partial charge in [0.25, 0.3) is 0 Å². The summed E-state index contributed by atoms with van der Waals surface area (Å²) in [6, 6.07) is 6.30. The molecule has 29 heavy (non-hydrogen) atoms. The number of aliphatic imine (C=N–C) groups is 1. The molecule has 0 unspecified atom stereocenters. The molecule has 158 valence electrons. The number of ether oxygens (including phenoxy) is 1. The van der Waals surface area contributed by atoms with Crippen LogP contribution in [0.15, 0.2) is 23.2 Å². The Kier molecular flexibility index (Phi) is 7.90. The fourth-order valence-corrected chi connectivity index (χ4v) is 3.68. The average molecular weight is 399 g/mol. The molecule has 1 aliphatic heterocycles. The Bertz CT molecular complexity index is 814. The number of nitrogens with zero attached hydrogens (tertiary/aromatic N) is 4. The van der Waals surface area contributed by atoms with Crippen molar-refractivity contribution < 1.29 is 4.74 Å². The van der Waals surface area contributed by atoms with E-state index in [-0.39, 0.29) is 0 Å². The van der Waals surface area contributed by atoms with E-state index in [0.29, 0.717) is 13.2 Å². The molecule has 2 heterocycles. The summed E-state index contributed by atoms with van der Waals surface area (Å²) in [5.41, 5.74) is 2.33. The maximum Gasteiger partial charge on any atom is 0.191 e. The molecule has 0 amide bonds. The minimum Gasteiger partial charge on any atom is -0.494 e. The lowest BCUT2D eigenvalue weighted by Crippen LogP contribution is -2.37. The summed E-state index contributed by atoms with van der Waals surface area (Å²) >= 11 is 0. The van der Waals surface area contributed by atoms with Crippen LogP contribution in [0.5, 0.6) is 5.75 Å². The zero-order valence-electron chi connectivity index (χ0n) is 18.0. The van der Waals surface area contributed by atoms with Gasteiger partial charge in [-0.2, -0.15) is 0 Å². The molecule has 1 aromatic carbocycles. The van der Waals surface area contributed by atoms with Gasteiger partial charge in [-0.05, 0) is 44.7 Å². The number of rotatable bonds is 8. The third-order valence-corrected chi connectivity index (χ3v) is 5.25. The summed E-state index contributed by atoms with van der Waals surface area (Å²) < 4.78 is 8.09. The zero-order valence-corrected chi connectivity index (χ0v) is 18.0. The van der Waals surface area contributed by atoms with Crippen LogP contribution in [-0.2, 0) is 25.9 Å². The maximum atomic E-state index is 5.76. The molecule has 0 atom stereocenters. The van der Waals surface area contributed by atoms with E-state index in [1.165, 1.54) is 24.8 Å². The molecule has 0 spiro atoms. The Morgan fingerprint density at radius 3 is 2.93 bits per heavy atom. The Morgan fingerprint density at radius 2 is 2.10 bits per heavy atom. The summed E-state index contributed by atoms with van der Waals surface area (Å²) in [6.07, 6.45) is 6.74. The normalized spacial score (nSPS) is 14.2. The SMILES string of the molecule is CCOc1cc(C)ccc1CNC(=NC)NCCCc1nnc2n1CCCCC2. The molecule has 7 heteroatoms. The highest BCUT2D eigenvalue weighted by Gasteiger charge is 2.14. The van der Waals surface area contributed by atoms with Crippen molar-refractivity contribution in [2.24, 2.45) is 4.99 Å². The summed E-state index contributed by atoms with van der Waals surface area (Å²) in [6.45, 7) is 7.33. The van der Waals surface area contributed by atoms with Crippen molar-refractivity contribution in [2.75, 3.05) is 20.2 Å². The van der Waals surface area contributed by atoms with Gasteiger partial charge in [0.1, 0.15) is 17.4 Å². The van der Waals surface area contributed by atoms with E-state index in [4.69, 9.17) is 4.74 Å².